The van der Waals surface area contributed by atoms with Crippen molar-refractivity contribution >= 4 is 5.97 Å². The van der Waals surface area contributed by atoms with Crippen LogP contribution in [0.3, 0.4) is 0 Å². The predicted molar refractivity (Wildman–Crippen MR) is 75.6 cm³/mol. The van der Waals surface area contributed by atoms with Crippen molar-refractivity contribution in [3.63, 3.8) is 0 Å². The Bertz CT molecular complexity index is 504. The summed E-state index contributed by atoms with van der Waals surface area (Å²) in [5.41, 5.74) is 6.54. The van der Waals surface area contributed by atoms with E-state index in [2.05, 4.69) is 4.74 Å². The summed E-state index contributed by atoms with van der Waals surface area (Å²) in [6, 6.07) is 3.07. The van der Waals surface area contributed by atoms with Crippen LogP contribution in [0.25, 0.3) is 0 Å². The van der Waals surface area contributed by atoms with Gasteiger partial charge in [-0.05, 0) is 24.5 Å². The van der Waals surface area contributed by atoms with Gasteiger partial charge in [0.15, 0.2) is 0 Å². The number of benzene rings is 1. The Labute approximate surface area is 123 Å². The van der Waals surface area contributed by atoms with E-state index in [9.17, 15) is 13.6 Å². The molecule has 6 heteroatoms. The van der Waals surface area contributed by atoms with E-state index in [0.29, 0.717) is 0 Å². The smallest absolute Gasteiger partial charge is 0.379 e. The molecular formula is C15H21F2NO3. The first-order valence-electron chi connectivity index (χ1n) is 6.74. The van der Waals surface area contributed by atoms with E-state index in [0.717, 1.165) is 5.56 Å². The molecule has 0 unspecified atom stereocenters. The van der Waals surface area contributed by atoms with Gasteiger partial charge in [0.25, 0.3) is 0 Å². The topological polar surface area (TPSA) is 61.5 Å². The molecular weight excluding hydrogens is 280 g/mol. The van der Waals surface area contributed by atoms with Crippen molar-refractivity contribution in [2.24, 2.45) is 5.73 Å². The van der Waals surface area contributed by atoms with Crippen molar-refractivity contribution in [2.45, 2.75) is 38.7 Å². The van der Waals surface area contributed by atoms with E-state index in [1.54, 1.807) is 18.2 Å². The van der Waals surface area contributed by atoms with Gasteiger partial charge in [0.1, 0.15) is 11.8 Å². The van der Waals surface area contributed by atoms with Gasteiger partial charge in [0, 0.05) is 5.56 Å². The number of hydrogen-bond acceptors (Lipinski definition) is 4. The first kappa shape index (κ1) is 17.4. The summed E-state index contributed by atoms with van der Waals surface area (Å²) in [6.07, 6.45) is 0. The van der Waals surface area contributed by atoms with E-state index < -0.39 is 17.9 Å². The van der Waals surface area contributed by atoms with Gasteiger partial charge in [-0.3, -0.25) is 0 Å². The van der Waals surface area contributed by atoms with Crippen molar-refractivity contribution in [3.05, 3.63) is 29.3 Å². The highest BCUT2D eigenvalue weighted by Gasteiger charge is 2.48. The highest BCUT2D eigenvalue weighted by molar-refractivity contribution is 5.79. The second kappa shape index (κ2) is 6.85. The second-order valence-corrected chi connectivity index (χ2v) is 4.98. The summed E-state index contributed by atoms with van der Waals surface area (Å²) in [5.74, 6) is -5.10. The fourth-order valence-electron chi connectivity index (χ4n) is 1.90. The SMILES string of the molecule is CCOC(=O)C(F)(F)[C@@H](N)c1cc(C(C)C)ccc1OC. The molecule has 4 nitrogen and oxygen atoms in total. The summed E-state index contributed by atoms with van der Waals surface area (Å²) < 4.78 is 37.6. The number of methoxy groups -OCH3 is 1. The molecule has 1 atom stereocenters. The molecule has 0 bridgehead atoms. The summed E-state index contributed by atoms with van der Waals surface area (Å²) in [4.78, 5) is 11.4. The summed E-state index contributed by atoms with van der Waals surface area (Å²) in [6.45, 7) is 5.19. The minimum absolute atomic E-state index is 0.0850. The van der Waals surface area contributed by atoms with Crippen molar-refractivity contribution in [1.29, 1.82) is 0 Å². The maximum Gasteiger partial charge on any atom is 0.379 e. The molecule has 0 heterocycles. The maximum absolute atomic E-state index is 14.1. The molecule has 21 heavy (non-hydrogen) atoms. The largest absolute Gasteiger partial charge is 0.496 e. The lowest BCUT2D eigenvalue weighted by Crippen LogP contribution is -2.42. The van der Waals surface area contributed by atoms with Crippen molar-refractivity contribution in [3.8, 4) is 5.75 Å². The lowest BCUT2D eigenvalue weighted by molar-refractivity contribution is -0.174. The number of nitrogens with two attached hydrogens (primary N) is 1. The minimum Gasteiger partial charge on any atom is -0.496 e. The lowest BCUT2D eigenvalue weighted by atomic mass is 9.94. The van der Waals surface area contributed by atoms with Gasteiger partial charge in [-0.2, -0.15) is 8.78 Å². The third-order valence-electron chi connectivity index (χ3n) is 3.19. The quantitative estimate of drug-likeness (QED) is 0.820. The average Bonchev–Trinajstić information content (AvgIpc) is 2.45. The normalized spacial score (nSPS) is 13.1. The van der Waals surface area contributed by atoms with Crippen LogP contribution in [0.1, 0.15) is 43.9 Å². The predicted octanol–water partition coefficient (Wildman–Crippen LogP) is 3.02. The molecule has 0 radical (unpaired) electrons. The van der Waals surface area contributed by atoms with Gasteiger partial charge in [0.05, 0.1) is 13.7 Å². The van der Waals surface area contributed by atoms with Gasteiger partial charge in [-0.1, -0.05) is 26.0 Å². The first-order valence-corrected chi connectivity index (χ1v) is 6.74. The van der Waals surface area contributed by atoms with Gasteiger partial charge in [0.2, 0.25) is 0 Å². The molecule has 1 rings (SSSR count). The molecule has 0 aliphatic rings. The lowest BCUT2D eigenvalue weighted by Gasteiger charge is -2.24. The molecule has 0 saturated heterocycles. The second-order valence-electron chi connectivity index (χ2n) is 4.98. The van der Waals surface area contributed by atoms with Crippen LogP contribution >= 0.6 is 0 Å². The molecule has 0 spiro atoms. The van der Waals surface area contributed by atoms with Gasteiger partial charge in [-0.25, -0.2) is 4.79 Å². The van der Waals surface area contributed by atoms with E-state index in [1.165, 1.54) is 14.0 Å². The molecule has 1 aromatic rings. The Kier molecular flexibility index (Phi) is 5.66. The van der Waals surface area contributed by atoms with Crippen LogP contribution < -0.4 is 10.5 Å². The molecule has 0 amide bonds. The van der Waals surface area contributed by atoms with Gasteiger partial charge >= 0.3 is 11.9 Å². The molecule has 0 fully saturated rings. The maximum atomic E-state index is 14.1. The third-order valence-corrected chi connectivity index (χ3v) is 3.19. The molecule has 0 aliphatic carbocycles. The first-order chi connectivity index (χ1) is 9.75. The van der Waals surface area contributed by atoms with E-state index in [1.807, 2.05) is 13.8 Å². The van der Waals surface area contributed by atoms with E-state index in [-0.39, 0.29) is 23.8 Å². The summed E-state index contributed by atoms with van der Waals surface area (Å²) in [5, 5.41) is 0. The zero-order valence-corrected chi connectivity index (χ0v) is 12.7. The average molecular weight is 301 g/mol. The van der Waals surface area contributed by atoms with Crippen LogP contribution in [0.4, 0.5) is 8.78 Å². The van der Waals surface area contributed by atoms with Crippen molar-refractivity contribution in [1.82, 2.24) is 0 Å². The van der Waals surface area contributed by atoms with Crippen LogP contribution in [-0.4, -0.2) is 25.6 Å². The number of carbonyl (C=O) groups is 1. The monoisotopic (exact) mass is 301 g/mol. The third kappa shape index (κ3) is 3.69. The number of rotatable bonds is 6. The summed E-state index contributed by atoms with van der Waals surface area (Å²) in [7, 11) is 1.36. The number of esters is 1. The fraction of sp³-hybridized carbons (Fsp3) is 0.533. The minimum atomic E-state index is -3.82. The van der Waals surface area contributed by atoms with Crippen LogP contribution in [0.15, 0.2) is 18.2 Å². The van der Waals surface area contributed by atoms with E-state index >= 15 is 0 Å². The highest BCUT2D eigenvalue weighted by atomic mass is 19.3. The van der Waals surface area contributed by atoms with Crippen LogP contribution in [-0.2, 0) is 9.53 Å². The Morgan fingerprint density at radius 1 is 1.38 bits per heavy atom. The summed E-state index contributed by atoms with van der Waals surface area (Å²) >= 11 is 0. The Morgan fingerprint density at radius 3 is 2.48 bits per heavy atom. The molecule has 0 aromatic heterocycles. The van der Waals surface area contributed by atoms with Crippen LogP contribution in [0.2, 0.25) is 0 Å². The van der Waals surface area contributed by atoms with Crippen molar-refractivity contribution in [2.75, 3.05) is 13.7 Å². The number of hydrogen-bond donors (Lipinski definition) is 1. The molecule has 1 aromatic carbocycles. The highest BCUT2D eigenvalue weighted by Crippen LogP contribution is 2.37. The Hall–Kier alpha value is -1.69. The Balaban J connectivity index is 3.23. The number of halogens is 2. The zero-order chi connectivity index (χ0) is 16.2. The number of carbonyl (C=O) groups excluding carboxylic acids is 1. The molecule has 2 N–H and O–H groups in total. The van der Waals surface area contributed by atoms with Gasteiger partial charge < -0.3 is 15.2 Å². The standard InChI is InChI=1S/C15H21F2NO3/c1-5-21-14(19)15(16,17)13(18)11-8-10(9(2)3)6-7-12(11)20-4/h6-9,13H,5,18H2,1-4H3/t13-/m0/s1. The van der Waals surface area contributed by atoms with Gasteiger partial charge in [-0.15, -0.1) is 0 Å². The van der Waals surface area contributed by atoms with E-state index in [4.69, 9.17) is 10.5 Å². The van der Waals surface area contributed by atoms with Crippen molar-refractivity contribution < 1.29 is 23.0 Å². The Morgan fingerprint density at radius 2 is 2.00 bits per heavy atom. The van der Waals surface area contributed by atoms with Crippen LogP contribution in [0, 0.1) is 0 Å². The molecule has 0 saturated carbocycles. The molecule has 118 valence electrons. The number of alkyl halides is 2. The number of ether oxygens (including phenoxy) is 2. The van der Waals surface area contributed by atoms with Crippen LogP contribution in [0.5, 0.6) is 5.75 Å². The zero-order valence-electron chi connectivity index (χ0n) is 12.7. The molecule has 0 aliphatic heterocycles. The fourth-order valence-corrected chi connectivity index (χ4v) is 1.90.